The van der Waals surface area contributed by atoms with Crippen molar-refractivity contribution in [2.45, 2.75) is 32.8 Å². The minimum Gasteiger partial charge on any atom is -0.459 e. The number of nitrogens with zero attached hydrogens (tertiary/aromatic N) is 2. The summed E-state index contributed by atoms with van der Waals surface area (Å²) in [6.45, 7) is 1.95. The van der Waals surface area contributed by atoms with Crippen LogP contribution in [0.5, 0.6) is 0 Å². The summed E-state index contributed by atoms with van der Waals surface area (Å²) in [7, 11) is 0. The maximum absolute atomic E-state index is 12.0. The Morgan fingerprint density at radius 2 is 2.32 bits per heavy atom. The van der Waals surface area contributed by atoms with Crippen LogP contribution in [0.3, 0.4) is 0 Å². The zero-order chi connectivity index (χ0) is 15.5. The fourth-order valence-electron chi connectivity index (χ4n) is 2.62. The molecule has 0 aromatic carbocycles. The molecule has 22 heavy (non-hydrogen) atoms. The van der Waals surface area contributed by atoms with Gasteiger partial charge in [0.05, 0.1) is 12.1 Å². The van der Waals surface area contributed by atoms with Crippen molar-refractivity contribution in [2.24, 2.45) is 5.92 Å². The van der Waals surface area contributed by atoms with Crippen molar-refractivity contribution in [3.63, 3.8) is 0 Å². The average molecular weight is 298 g/mol. The molecular formula is C17H18N2O3. The first kappa shape index (κ1) is 14.5. The first-order chi connectivity index (χ1) is 10.6. The molecule has 1 atom stereocenters. The maximum Gasteiger partial charge on any atom is 0.306 e. The van der Waals surface area contributed by atoms with E-state index in [2.05, 4.69) is 17.1 Å². The van der Waals surface area contributed by atoms with E-state index in [1.165, 1.54) is 10.5 Å². The standard InChI is InChI=1S/C17H18N2O3/c1-12-6-7-15-18-14(9-16(20)19(15)10-12)11-22-17(21)8-13-4-2-3-5-13/h2,4,6-7,9-10,13H,3,5,8,11H2,1H3/t13-/m1/s1. The summed E-state index contributed by atoms with van der Waals surface area (Å²) in [6, 6.07) is 5.09. The third-order valence-electron chi connectivity index (χ3n) is 3.78. The topological polar surface area (TPSA) is 60.7 Å². The number of carbonyl (C=O) groups is 1. The highest BCUT2D eigenvalue weighted by Crippen LogP contribution is 2.20. The van der Waals surface area contributed by atoms with E-state index < -0.39 is 0 Å². The normalized spacial score (nSPS) is 17.0. The van der Waals surface area contributed by atoms with Gasteiger partial charge in [0.15, 0.2) is 0 Å². The van der Waals surface area contributed by atoms with Crippen molar-refractivity contribution in [3.05, 3.63) is 58.2 Å². The smallest absolute Gasteiger partial charge is 0.306 e. The average Bonchev–Trinajstić information content (AvgIpc) is 2.99. The van der Waals surface area contributed by atoms with Crippen molar-refractivity contribution < 1.29 is 9.53 Å². The molecule has 0 saturated carbocycles. The molecule has 2 heterocycles. The van der Waals surface area contributed by atoms with Gasteiger partial charge < -0.3 is 4.74 Å². The number of hydrogen-bond donors (Lipinski definition) is 0. The van der Waals surface area contributed by atoms with Crippen molar-refractivity contribution in [1.82, 2.24) is 9.38 Å². The molecule has 1 aliphatic carbocycles. The van der Waals surface area contributed by atoms with Gasteiger partial charge in [-0.15, -0.1) is 0 Å². The number of carbonyl (C=O) groups excluding carboxylic acids is 1. The lowest BCUT2D eigenvalue weighted by Gasteiger charge is -2.08. The van der Waals surface area contributed by atoms with Crippen molar-refractivity contribution in [3.8, 4) is 0 Å². The minimum absolute atomic E-state index is 0.0366. The van der Waals surface area contributed by atoms with E-state index in [4.69, 9.17) is 4.74 Å². The van der Waals surface area contributed by atoms with E-state index in [9.17, 15) is 9.59 Å². The van der Waals surface area contributed by atoms with Crippen molar-refractivity contribution in [1.29, 1.82) is 0 Å². The minimum atomic E-state index is -0.248. The summed E-state index contributed by atoms with van der Waals surface area (Å²) < 4.78 is 6.72. The van der Waals surface area contributed by atoms with E-state index in [1.807, 2.05) is 13.0 Å². The fraction of sp³-hybridized carbons (Fsp3) is 0.353. The Morgan fingerprint density at radius 3 is 3.09 bits per heavy atom. The molecule has 5 nitrogen and oxygen atoms in total. The van der Waals surface area contributed by atoms with E-state index in [0.717, 1.165) is 18.4 Å². The van der Waals surface area contributed by atoms with Crippen LogP contribution in [0.25, 0.3) is 5.65 Å². The molecule has 0 spiro atoms. The van der Waals surface area contributed by atoms with Crippen LogP contribution in [0.15, 0.2) is 41.3 Å². The van der Waals surface area contributed by atoms with E-state index >= 15 is 0 Å². The van der Waals surface area contributed by atoms with E-state index in [0.29, 0.717) is 17.8 Å². The Labute approximate surface area is 128 Å². The van der Waals surface area contributed by atoms with Gasteiger partial charge in [0.2, 0.25) is 0 Å². The van der Waals surface area contributed by atoms with Crippen LogP contribution in [0.2, 0.25) is 0 Å². The third-order valence-corrected chi connectivity index (χ3v) is 3.78. The van der Waals surface area contributed by atoms with Crippen molar-refractivity contribution in [2.75, 3.05) is 0 Å². The highest BCUT2D eigenvalue weighted by Gasteiger charge is 2.15. The number of hydrogen-bond acceptors (Lipinski definition) is 4. The van der Waals surface area contributed by atoms with Crippen LogP contribution in [0, 0.1) is 12.8 Å². The number of ether oxygens (including phenoxy) is 1. The molecule has 0 fully saturated rings. The Kier molecular flexibility index (Phi) is 4.04. The van der Waals surface area contributed by atoms with Crippen molar-refractivity contribution >= 4 is 11.6 Å². The Balaban J connectivity index is 1.68. The molecule has 0 amide bonds. The van der Waals surface area contributed by atoms with Gasteiger partial charge in [0, 0.05) is 12.3 Å². The van der Waals surface area contributed by atoms with Crippen LogP contribution in [-0.2, 0) is 16.1 Å². The van der Waals surface area contributed by atoms with Gasteiger partial charge in [-0.1, -0.05) is 18.2 Å². The second-order valence-corrected chi connectivity index (χ2v) is 5.65. The molecule has 114 valence electrons. The number of aromatic nitrogens is 2. The Morgan fingerprint density at radius 1 is 1.45 bits per heavy atom. The first-order valence-corrected chi connectivity index (χ1v) is 7.43. The van der Waals surface area contributed by atoms with Crippen LogP contribution < -0.4 is 5.56 Å². The molecule has 1 aliphatic rings. The molecule has 0 aliphatic heterocycles. The Hall–Kier alpha value is -2.43. The van der Waals surface area contributed by atoms with Gasteiger partial charge in [-0.2, -0.15) is 0 Å². The van der Waals surface area contributed by atoms with Crippen LogP contribution in [-0.4, -0.2) is 15.4 Å². The lowest BCUT2D eigenvalue weighted by Crippen LogP contribution is -2.17. The quantitative estimate of drug-likeness (QED) is 0.642. The number of pyridine rings is 1. The van der Waals surface area contributed by atoms with E-state index in [1.54, 1.807) is 12.3 Å². The SMILES string of the molecule is Cc1ccc2nc(COC(=O)C[C@@H]3C=CCC3)cc(=O)n2c1. The lowest BCUT2D eigenvalue weighted by molar-refractivity contribution is -0.145. The molecule has 0 saturated heterocycles. The molecular weight excluding hydrogens is 280 g/mol. The lowest BCUT2D eigenvalue weighted by atomic mass is 10.1. The summed E-state index contributed by atoms with van der Waals surface area (Å²) in [4.78, 5) is 28.2. The van der Waals surface area contributed by atoms with Gasteiger partial charge in [0.1, 0.15) is 12.3 Å². The summed E-state index contributed by atoms with van der Waals surface area (Å²) in [6.07, 6.45) is 8.32. The highest BCUT2D eigenvalue weighted by molar-refractivity contribution is 5.70. The largest absolute Gasteiger partial charge is 0.459 e. The molecule has 0 radical (unpaired) electrons. The second kappa shape index (κ2) is 6.13. The maximum atomic E-state index is 12.0. The molecule has 0 bridgehead atoms. The fourth-order valence-corrected chi connectivity index (χ4v) is 2.62. The number of allylic oxidation sites excluding steroid dienone is 2. The van der Waals surface area contributed by atoms with Gasteiger partial charge >= 0.3 is 5.97 Å². The predicted molar refractivity (Wildman–Crippen MR) is 82.5 cm³/mol. The summed E-state index contributed by atoms with van der Waals surface area (Å²) in [5.41, 5.74) is 1.85. The molecule has 5 heteroatoms. The highest BCUT2D eigenvalue weighted by atomic mass is 16.5. The number of esters is 1. The van der Waals surface area contributed by atoms with Gasteiger partial charge in [-0.05, 0) is 37.3 Å². The van der Waals surface area contributed by atoms with Crippen LogP contribution >= 0.6 is 0 Å². The molecule has 2 aromatic heterocycles. The Bertz CT molecular complexity index is 792. The first-order valence-electron chi connectivity index (χ1n) is 7.43. The molecule has 0 unspecified atom stereocenters. The van der Waals surface area contributed by atoms with Gasteiger partial charge in [-0.25, -0.2) is 4.98 Å². The summed E-state index contributed by atoms with van der Waals surface area (Å²) in [5, 5.41) is 0. The van der Waals surface area contributed by atoms with Gasteiger partial charge in [0.25, 0.3) is 5.56 Å². The van der Waals surface area contributed by atoms with Crippen LogP contribution in [0.4, 0.5) is 0 Å². The molecule has 0 N–H and O–H groups in total. The third kappa shape index (κ3) is 3.24. The van der Waals surface area contributed by atoms with Crippen LogP contribution in [0.1, 0.15) is 30.5 Å². The second-order valence-electron chi connectivity index (χ2n) is 5.65. The van der Waals surface area contributed by atoms with Gasteiger partial charge in [-0.3, -0.25) is 14.0 Å². The zero-order valence-corrected chi connectivity index (χ0v) is 12.5. The molecule has 2 aromatic rings. The summed E-state index contributed by atoms with van der Waals surface area (Å²) >= 11 is 0. The predicted octanol–water partition coefficient (Wildman–Crippen LogP) is 2.40. The molecule has 3 rings (SSSR count). The number of fused-ring (bicyclic) bond motifs is 1. The zero-order valence-electron chi connectivity index (χ0n) is 12.5. The number of rotatable bonds is 4. The van der Waals surface area contributed by atoms with E-state index in [-0.39, 0.29) is 24.1 Å². The summed E-state index contributed by atoms with van der Waals surface area (Å²) in [5.74, 6) is 0.0353. The monoisotopic (exact) mass is 298 g/mol. The number of aryl methyl sites for hydroxylation is 1.